The Balaban J connectivity index is 1.68. The van der Waals surface area contributed by atoms with Gasteiger partial charge in [-0.1, -0.05) is 20.3 Å². The smallest absolute Gasteiger partial charge is 0.220 e. The summed E-state index contributed by atoms with van der Waals surface area (Å²) in [7, 11) is 0. The normalized spacial score (nSPS) is 24.5. The lowest BCUT2D eigenvalue weighted by molar-refractivity contribution is -0.123. The molecule has 1 saturated heterocycles. The van der Waals surface area contributed by atoms with Gasteiger partial charge in [-0.15, -0.1) is 0 Å². The van der Waals surface area contributed by atoms with Gasteiger partial charge in [-0.3, -0.25) is 4.79 Å². The molecule has 0 aromatic heterocycles. The van der Waals surface area contributed by atoms with E-state index in [4.69, 9.17) is 0 Å². The summed E-state index contributed by atoms with van der Waals surface area (Å²) in [4.78, 5) is 12.1. The molecule has 1 heterocycles. The van der Waals surface area contributed by atoms with Gasteiger partial charge in [0.25, 0.3) is 0 Å². The third kappa shape index (κ3) is 3.95. The maximum Gasteiger partial charge on any atom is 0.220 e. The highest BCUT2D eigenvalue weighted by molar-refractivity contribution is 5.76. The Labute approximate surface area is 117 Å². The van der Waals surface area contributed by atoms with Crippen LogP contribution in [0.15, 0.2) is 0 Å². The second kappa shape index (κ2) is 6.74. The highest BCUT2D eigenvalue weighted by Gasteiger charge is 2.35. The Bertz CT molecular complexity index is 288. The quantitative estimate of drug-likeness (QED) is 0.776. The Morgan fingerprint density at radius 2 is 2.05 bits per heavy atom. The molecule has 1 aliphatic carbocycles. The van der Waals surface area contributed by atoms with Crippen molar-refractivity contribution in [1.29, 1.82) is 0 Å². The minimum absolute atomic E-state index is 0.269. The van der Waals surface area contributed by atoms with Crippen LogP contribution < -0.4 is 10.6 Å². The predicted octanol–water partition coefficient (Wildman–Crippen LogP) is 2.71. The van der Waals surface area contributed by atoms with Crippen molar-refractivity contribution < 1.29 is 4.79 Å². The van der Waals surface area contributed by atoms with E-state index in [-0.39, 0.29) is 5.91 Å². The maximum atomic E-state index is 12.1. The van der Waals surface area contributed by atoms with Gasteiger partial charge in [-0.2, -0.15) is 0 Å². The Hall–Kier alpha value is -0.570. The van der Waals surface area contributed by atoms with Crippen molar-refractivity contribution in [3.63, 3.8) is 0 Å². The zero-order valence-electron chi connectivity index (χ0n) is 12.6. The van der Waals surface area contributed by atoms with Crippen molar-refractivity contribution in [2.75, 3.05) is 19.6 Å². The minimum Gasteiger partial charge on any atom is -0.356 e. The minimum atomic E-state index is 0.269. The molecular weight excluding hydrogens is 236 g/mol. The Morgan fingerprint density at radius 1 is 1.37 bits per heavy atom. The van der Waals surface area contributed by atoms with E-state index in [2.05, 4.69) is 24.5 Å². The van der Waals surface area contributed by atoms with Crippen LogP contribution in [0.4, 0.5) is 0 Å². The van der Waals surface area contributed by atoms with Crippen molar-refractivity contribution in [2.45, 2.75) is 58.8 Å². The lowest BCUT2D eigenvalue weighted by Gasteiger charge is -2.41. The second-order valence-electron chi connectivity index (χ2n) is 6.75. The van der Waals surface area contributed by atoms with Crippen LogP contribution in [0.3, 0.4) is 0 Å². The van der Waals surface area contributed by atoms with Gasteiger partial charge in [0.15, 0.2) is 0 Å². The summed E-state index contributed by atoms with van der Waals surface area (Å²) >= 11 is 0. The summed E-state index contributed by atoms with van der Waals surface area (Å²) < 4.78 is 0. The number of amides is 1. The van der Waals surface area contributed by atoms with E-state index in [1.807, 2.05) is 0 Å². The molecule has 0 spiro atoms. The van der Waals surface area contributed by atoms with Crippen LogP contribution in [-0.4, -0.2) is 25.5 Å². The number of hydrogen-bond donors (Lipinski definition) is 2. The average Bonchev–Trinajstić information content (AvgIpc) is 2.39. The first-order chi connectivity index (χ1) is 9.15. The largest absolute Gasteiger partial charge is 0.356 e. The summed E-state index contributed by atoms with van der Waals surface area (Å²) in [6.07, 6.45) is 8.32. The van der Waals surface area contributed by atoms with Crippen molar-refractivity contribution in [2.24, 2.45) is 17.3 Å². The van der Waals surface area contributed by atoms with E-state index >= 15 is 0 Å². The van der Waals surface area contributed by atoms with Gasteiger partial charge in [-0.25, -0.2) is 0 Å². The predicted molar refractivity (Wildman–Crippen MR) is 79.0 cm³/mol. The summed E-state index contributed by atoms with van der Waals surface area (Å²) in [5.41, 5.74) is 0.438. The first-order valence-corrected chi connectivity index (χ1v) is 8.13. The molecule has 110 valence electrons. The van der Waals surface area contributed by atoms with Crippen LogP contribution in [0, 0.1) is 17.3 Å². The van der Waals surface area contributed by atoms with E-state index in [1.54, 1.807) is 0 Å². The van der Waals surface area contributed by atoms with Gasteiger partial charge in [0.1, 0.15) is 0 Å². The van der Waals surface area contributed by atoms with Crippen LogP contribution in [0.1, 0.15) is 58.8 Å². The highest BCUT2D eigenvalue weighted by Crippen LogP contribution is 2.43. The number of nitrogens with one attached hydrogen (secondary N) is 2. The molecule has 2 aliphatic rings. The maximum absolute atomic E-state index is 12.1. The molecule has 2 rings (SSSR count). The van der Waals surface area contributed by atoms with Crippen molar-refractivity contribution in [1.82, 2.24) is 10.6 Å². The van der Waals surface area contributed by atoms with E-state index in [0.717, 1.165) is 25.6 Å². The third-order valence-electron chi connectivity index (χ3n) is 5.52. The molecule has 1 unspecified atom stereocenters. The number of rotatable bonds is 6. The molecule has 1 amide bonds. The summed E-state index contributed by atoms with van der Waals surface area (Å²) in [6, 6.07) is 0. The van der Waals surface area contributed by atoms with E-state index in [0.29, 0.717) is 17.8 Å². The van der Waals surface area contributed by atoms with Crippen molar-refractivity contribution in [3.05, 3.63) is 0 Å². The standard InChI is InChI=1S/C16H30N2O/c1-3-16(7-4-8-16)12-18-15(19)11-13(2)14-5-9-17-10-6-14/h13-14,17H,3-12H2,1-2H3,(H,18,19). The topological polar surface area (TPSA) is 41.1 Å². The van der Waals surface area contributed by atoms with Crippen LogP contribution >= 0.6 is 0 Å². The molecular formula is C16H30N2O. The molecule has 0 radical (unpaired) electrons. The summed E-state index contributed by atoms with van der Waals surface area (Å²) in [5, 5.41) is 6.58. The molecule has 0 aromatic rings. The summed E-state index contributed by atoms with van der Waals surface area (Å²) in [6.45, 7) is 7.64. The van der Waals surface area contributed by atoms with E-state index in [1.165, 1.54) is 38.5 Å². The number of carbonyl (C=O) groups is 1. The van der Waals surface area contributed by atoms with Gasteiger partial charge in [0.05, 0.1) is 0 Å². The monoisotopic (exact) mass is 266 g/mol. The SMILES string of the molecule is CCC1(CNC(=O)CC(C)C2CCNCC2)CCC1. The van der Waals surface area contributed by atoms with Gasteiger partial charge in [0, 0.05) is 13.0 Å². The van der Waals surface area contributed by atoms with Crippen molar-refractivity contribution >= 4 is 5.91 Å². The van der Waals surface area contributed by atoms with Gasteiger partial charge in [-0.05, 0) is 62.4 Å². The fourth-order valence-corrected chi connectivity index (χ4v) is 3.56. The van der Waals surface area contributed by atoms with Crippen molar-refractivity contribution in [3.8, 4) is 0 Å². The first kappa shape index (κ1) is 14.8. The van der Waals surface area contributed by atoms with Crippen LogP contribution in [0.25, 0.3) is 0 Å². The molecule has 19 heavy (non-hydrogen) atoms. The second-order valence-corrected chi connectivity index (χ2v) is 6.75. The average molecular weight is 266 g/mol. The molecule has 3 heteroatoms. The highest BCUT2D eigenvalue weighted by atomic mass is 16.1. The number of carbonyl (C=O) groups excluding carboxylic acids is 1. The van der Waals surface area contributed by atoms with Gasteiger partial charge < -0.3 is 10.6 Å². The van der Waals surface area contributed by atoms with Gasteiger partial charge >= 0.3 is 0 Å². The molecule has 0 bridgehead atoms. The number of hydrogen-bond acceptors (Lipinski definition) is 2. The molecule has 1 aliphatic heterocycles. The van der Waals surface area contributed by atoms with Gasteiger partial charge in [0.2, 0.25) is 5.91 Å². The van der Waals surface area contributed by atoms with Crippen LogP contribution in [0.2, 0.25) is 0 Å². The molecule has 0 aromatic carbocycles. The molecule has 1 saturated carbocycles. The first-order valence-electron chi connectivity index (χ1n) is 8.13. The summed E-state index contributed by atoms with van der Waals surface area (Å²) in [5.74, 6) is 1.53. The third-order valence-corrected chi connectivity index (χ3v) is 5.52. The lowest BCUT2D eigenvalue weighted by Crippen LogP contribution is -2.42. The molecule has 2 fully saturated rings. The Morgan fingerprint density at radius 3 is 2.58 bits per heavy atom. The zero-order chi connectivity index (χ0) is 13.7. The molecule has 3 nitrogen and oxygen atoms in total. The van der Waals surface area contributed by atoms with Crippen LogP contribution in [0.5, 0.6) is 0 Å². The van der Waals surface area contributed by atoms with Crippen LogP contribution in [-0.2, 0) is 4.79 Å². The molecule has 2 N–H and O–H groups in total. The fraction of sp³-hybridized carbons (Fsp3) is 0.938. The van der Waals surface area contributed by atoms with E-state index < -0.39 is 0 Å². The molecule has 1 atom stereocenters. The zero-order valence-corrected chi connectivity index (χ0v) is 12.6. The Kier molecular flexibility index (Phi) is 5.26. The number of piperidine rings is 1. The van der Waals surface area contributed by atoms with E-state index in [9.17, 15) is 4.79 Å². The fourth-order valence-electron chi connectivity index (χ4n) is 3.56. The lowest BCUT2D eigenvalue weighted by atomic mass is 9.67.